The van der Waals surface area contributed by atoms with Crippen LogP contribution < -0.4 is 0 Å². The van der Waals surface area contributed by atoms with Gasteiger partial charge in [0.15, 0.2) is 0 Å². The molecule has 0 bridgehead atoms. The highest BCUT2D eigenvalue weighted by Crippen LogP contribution is 2.15. The predicted octanol–water partition coefficient (Wildman–Crippen LogP) is 3.46. The van der Waals surface area contributed by atoms with Crippen molar-refractivity contribution in [3.8, 4) is 0 Å². The number of nitrogens with zero attached hydrogens (tertiary/aromatic N) is 2. The molecule has 1 fully saturated rings. The van der Waals surface area contributed by atoms with Gasteiger partial charge in [0.25, 0.3) is 11.8 Å². The number of carbonyl (C=O) groups is 2. The van der Waals surface area contributed by atoms with Gasteiger partial charge in [-0.1, -0.05) is 29.8 Å². The van der Waals surface area contributed by atoms with Gasteiger partial charge in [-0.15, -0.1) is 0 Å². The summed E-state index contributed by atoms with van der Waals surface area (Å²) in [5.41, 5.74) is 3.79. The lowest BCUT2D eigenvalue weighted by molar-refractivity contribution is 0.0535. The Morgan fingerprint density at radius 3 is 1.65 bits per heavy atom. The van der Waals surface area contributed by atoms with Crippen LogP contribution in [0.1, 0.15) is 31.8 Å². The van der Waals surface area contributed by atoms with Crippen molar-refractivity contribution in [2.75, 3.05) is 32.4 Å². The number of rotatable bonds is 4. The van der Waals surface area contributed by atoms with E-state index in [9.17, 15) is 9.59 Å². The van der Waals surface area contributed by atoms with Crippen molar-refractivity contribution < 1.29 is 9.59 Å². The van der Waals surface area contributed by atoms with Crippen LogP contribution in [0, 0.1) is 6.92 Å². The molecule has 26 heavy (non-hydrogen) atoms. The van der Waals surface area contributed by atoms with Crippen molar-refractivity contribution >= 4 is 23.6 Å². The van der Waals surface area contributed by atoms with Crippen LogP contribution in [0.25, 0.3) is 0 Å². The van der Waals surface area contributed by atoms with E-state index in [1.807, 2.05) is 65.3 Å². The van der Waals surface area contributed by atoms with Crippen LogP contribution in [-0.4, -0.2) is 54.0 Å². The van der Waals surface area contributed by atoms with Crippen molar-refractivity contribution in [1.82, 2.24) is 9.80 Å². The van der Waals surface area contributed by atoms with E-state index in [0.29, 0.717) is 37.3 Å². The SMILES string of the molecule is CSCc1ccc(C(=O)N2CCN(C(=O)c3ccc(C)cc3)CC2)cc1. The highest BCUT2D eigenvalue weighted by Gasteiger charge is 2.25. The third kappa shape index (κ3) is 4.28. The second kappa shape index (κ2) is 8.41. The van der Waals surface area contributed by atoms with Gasteiger partial charge in [0.2, 0.25) is 0 Å². The maximum Gasteiger partial charge on any atom is 0.253 e. The van der Waals surface area contributed by atoms with Gasteiger partial charge >= 0.3 is 0 Å². The van der Waals surface area contributed by atoms with E-state index in [1.54, 1.807) is 11.8 Å². The molecule has 0 unspecified atom stereocenters. The average Bonchev–Trinajstić information content (AvgIpc) is 2.68. The molecule has 0 saturated carbocycles. The quantitative estimate of drug-likeness (QED) is 0.830. The highest BCUT2D eigenvalue weighted by molar-refractivity contribution is 7.97. The summed E-state index contributed by atoms with van der Waals surface area (Å²) < 4.78 is 0. The summed E-state index contributed by atoms with van der Waals surface area (Å²) in [7, 11) is 0. The van der Waals surface area contributed by atoms with Crippen LogP contribution in [0.5, 0.6) is 0 Å². The standard InChI is InChI=1S/C21H24N2O2S/c1-16-3-7-18(8-4-16)20(24)22-11-13-23(14-12-22)21(25)19-9-5-17(6-10-19)15-26-2/h3-10H,11-15H2,1-2H3. The van der Waals surface area contributed by atoms with E-state index in [1.165, 1.54) is 5.56 Å². The summed E-state index contributed by atoms with van der Waals surface area (Å²) in [6, 6.07) is 15.5. The first-order chi connectivity index (χ1) is 12.6. The zero-order valence-electron chi connectivity index (χ0n) is 15.3. The zero-order chi connectivity index (χ0) is 18.5. The second-order valence-electron chi connectivity index (χ2n) is 6.58. The molecule has 1 aliphatic rings. The highest BCUT2D eigenvalue weighted by atomic mass is 32.2. The Labute approximate surface area is 159 Å². The molecular weight excluding hydrogens is 344 g/mol. The fourth-order valence-corrected chi connectivity index (χ4v) is 3.61. The van der Waals surface area contributed by atoms with Gasteiger partial charge in [-0.05, 0) is 43.0 Å². The molecule has 0 atom stereocenters. The smallest absolute Gasteiger partial charge is 0.253 e. The fraction of sp³-hybridized carbons (Fsp3) is 0.333. The number of carbonyl (C=O) groups excluding carboxylic acids is 2. The van der Waals surface area contributed by atoms with Gasteiger partial charge in [0, 0.05) is 43.1 Å². The van der Waals surface area contributed by atoms with Gasteiger partial charge in [-0.2, -0.15) is 11.8 Å². The number of piperazine rings is 1. The normalized spacial score (nSPS) is 14.4. The van der Waals surface area contributed by atoms with E-state index in [4.69, 9.17) is 0 Å². The molecule has 1 heterocycles. The van der Waals surface area contributed by atoms with Gasteiger partial charge in [0.1, 0.15) is 0 Å². The van der Waals surface area contributed by atoms with Crippen LogP contribution in [0.3, 0.4) is 0 Å². The van der Waals surface area contributed by atoms with Crippen LogP contribution in [0.4, 0.5) is 0 Å². The van der Waals surface area contributed by atoms with Crippen LogP contribution in [0.15, 0.2) is 48.5 Å². The lowest BCUT2D eigenvalue weighted by atomic mass is 10.1. The summed E-state index contributed by atoms with van der Waals surface area (Å²) in [6.45, 7) is 4.30. The molecule has 0 aliphatic carbocycles. The molecule has 2 amide bonds. The molecule has 4 nitrogen and oxygen atoms in total. The zero-order valence-corrected chi connectivity index (χ0v) is 16.1. The Kier molecular flexibility index (Phi) is 5.99. The molecule has 0 N–H and O–H groups in total. The lowest BCUT2D eigenvalue weighted by Crippen LogP contribution is -2.50. The Balaban J connectivity index is 1.58. The molecule has 1 saturated heterocycles. The van der Waals surface area contributed by atoms with Crippen molar-refractivity contribution in [2.24, 2.45) is 0 Å². The third-order valence-corrected chi connectivity index (χ3v) is 5.29. The second-order valence-corrected chi connectivity index (χ2v) is 7.45. The Bertz CT molecular complexity index is 764. The fourth-order valence-electron chi connectivity index (χ4n) is 3.08. The minimum atomic E-state index is 0.0403. The van der Waals surface area contributed by atoms with Gasteiger partial charge in [0.05, 0.1) is 0 Å². The average molecular weight is 369 g/mol. The van der Waals surface area contributed by atoms with Crippen LogP contribution >= 0.6 is 11.8 Å². The largest absolute Gasteiger partial charge is 0.335 e. The Morgan fingerprint density at radius 1 is 0.808 bits per heavy atom. The first-order valence-electron chi connectivity index (χ1n) is 8.81. The van der Waals surface area contributed by atoms with Crippen LogP contribution in [0.2, 0.25) is 0 Å². The maximum absolute atomic E-state index is 12.7. The van der Waals surface area contributed by atoms with Gasteiger partial charge < -0.3 is 9.80 Å². The minimum absolute atomic E-state index is 0.0403. The topological polar surface area (TPSA) is 40.6 Å². The number of thioether (sulfide) groups is 1. The number of benzene rings is 2. The molecule has 0 spiro atoms. The Hall–Kier alpha value is -2.27. The molecule has 2 aromatic rings. The molecule has 3 rings (SSSR count). The molecule has 136 valence electrons. The lowest BCUT2D eigenvalue weighted by Gasteiger charge is -2.35. The molecule has 0 aromatic heterocycles. The number of aryl methyl sites for hydroxylation is 1. The summed E-state index contributed by atoms with van der Waals surface area (Å²) in [4.78, 5) is 28.9. The van der Waals surface area contributed by atoms with Crippen molar-refractivity contribution in [3.05, 3.63) is 70.8 Å². The molecule has 2 aromatic carbocycles. The van der Waals surface area contributed by atoms with E-state index < -0.39 is 0 Å². The number of hydrogen-bond acceptors (Lipinski definition) is 3. The van der Waals surface area contributed by atoms with E-state index in [0.717, 1.165) is 11.3 Å². The number of hydrogen-bond donors (Lipinski definition) is 0. The third-order valence-electron chi connectivity index (χ3n) is 4.66. The first-order valence-corrected chi connectivity index (χ1v) is 10.2. The van der Waals surface area contributed by atoms with Crippen molar-refractivity contribution in [2.45, 2.75) is 12.7 Å². The first kappa shape index (κ1) is 18.5. The summed E-state index contributed by atoms with van der Waals surface area (Å²) in [6.07, 6.45) is 2.07. The maximum atomic E-state index is 12.7. The van der Waals surface area contributed by atoms with E-state index >= 15 is 0 Å². The number of amides is 2. The minimum Gasteiger partial charge on any atom is -0.335 e. The van der Waals surface area contributed by atoms with Gasteiger partial charge in [-0.25, -0.2) is 0 Å². The molecule has 0 radical (unpaired) electrons. The summed E-state index contributed by atoms with van der Waals surface area (Å²) in [5.74, 6) is 1.04. The molecule has 1 aliphatic heterocycles. The van der Waals surface area contributed by atoms with Crippen molar-refractivity contribution in [1.29, 1.82) is 0 Å². The van der Waals surface area contributed by atoms with Crippen molar-refractivity contribution in [3.63, 3.8) is 0 Å². The monoisotopic (exact) mass is 368 g/mol. The molecule has 5 heteroatoms. The van der Waals surface area contributed by atoms with E-state index in [2.05, 4.69) is 6.26 Å². The molecular formula is C21H24N2O2S. The van der Waals surface area contributed by atoms with E-state index in [-0.39, 0.29) is 11.8 Å². The predicted molar refractivity (Wildman–Crippen MR) is 107 cm³/mol. The van der Waals surface area contributed by atoms with Crippen LogP contribution in [-0.2, 0) is 5.75 Å². The summed E-state index contributed by atoms with van der Waals surface area (Å²) >= 11 is 1.77. The Morgan fingerprint density at radius 2 is 1.23 bits per heavy atom. The summed E-state index contributed by atoms with van der Waals surface area (Å²) in [5, 5.41) is 0. The van der Waals surface area contributed by atoms with Gasteiger partial charge in [-0.3, -0.25) is 9.59 Å².